The number of allylic oxidation sites excluding steroid dienone is 1. The molecule has 4 heterocycles. The fourth-order valence-electron chi connectivity index (χ4n) is 6.95. The highest BCUT2D eigenvalue weighted by molar-refractivity contribution is 7.91. The van der Waals surface area contributed by atoms with Crippen LogP contribution in [0.5, 0.6) is 11.5 Å². The highest BCUT2D eigenvalue weighted by atomic mass is 32.2. The summed E-state index contributed by atoms with van der Waals surface area (Å²) < 4.78 is 54.3. The van der Waals surface area contributed by atoms with Crippen molar-refractivity contribution in [3.8, 4) is 22.2 Å². The largest absolute Gasteiger partial charge is 0.494 e. The van der Waals surface area contributed by atoms with E-state index in [0.29, 0.717) is 47.6 Å². The summed E-state index contributed by atoms with van der Waals surface area (Å²) in [5.74, 6) is -1.90. The van der Waals surface area contributed by atoms with Crippen LogP contribution in [-0.2, 0) is 19.6 Å². The molecule has 2 N–H and O–H groups in total. The van der Waals surface area contributed by atoms with Crippen molar-refractivity contribution >= 4 is 50.1 Å². The first-order chi connectivity index (χ1) is 25.2. The standard InChI is InChI=1S/C37H45FN6O7S2/c1-21(2)25-20-52-32(39-25)30-27(16-22-11-12-26(50-5)28(38)29(22)40-30)51-19-23-18-44-31(23)33(45)43(4)15-9-7-6-8-10-24-17-37(24,41-35(44)47)34(46)42-53(48,49)36(3)13-14-36/h8,10-12,16,20-21,23-24,31H,6-7,9,13-15,17-19H2,1-5H3,(H,41,47)(H,42,46)/b10-8+/t23-,24-,31+,37-/m1/s1. The topological polar surface area (TPSA) is 160 Å². The lowest BCUT2D eigenvalue weighted by molar-refractivity contribution is -0.143. The van der Waals surface area contributed by atoms with Gasteiger partial charge in [0.05, 0.1) is 24.2 Å². The summed E-state index contributed by atoms with van der Waals surface area (Å²) >= 11 is 1.37. The number of aromatic nitrogens is 2. The maximum absolute atomic E-state index is 15.4. The number of benzene rings is 1. The second kappa shape index (κ2) is 13.8. The molecule has 2 aliphatic heterocycles. The Kier molecular flexibility index (Phi) is 9.66. The predicted molar refractivity (Wildman–Crippen MR) is 198 cm³/mol. The number of urea groups is 1. The Balaban J connectivity index is 1.16. The number of nitrogens with zero attached hydrogens (tertiary/aromatic N) is 4. The van der Waals surface area contributed by atoms with Gasteiger partial charge in [0.15, 0.2) is 11.6 Å². The Morgan fingerprint density at radius 3 is 2.66 bits per heavy atom. The SMILES string of the molecule is COc1ccc2cc(OC[C@H]3CN4C(=O)N[C@]5(C(=O)NS(=O)(=O)C6(C)CC6)C[C@H]5/C=C/CCCCN(C)C(=O)[C@H]34)c(-c3nc(C(C)C)cs3)nc2c1F. The molecule has 4 amide bonds. The van der Waals surface area contributed by atoms with E-state index in [-0.39, 0.29) is 48.6 Å². The van der Waals surface area contributed by atoms with E-state index in [1.54, 1.807) is 31.0 Å². The Morgan fingerprint density at radius 2 is 1.96 bits per heavy atom. The van der Waals surface area contributed by atoms with Crippen LogP contribution in [0.15, 0.2) is 35.7 Å². The van der Waals surface area contributed by atoms with Gasteiger partial charge in [0.2, 0.25) is 15.9 Å². The minimum atomic E-state index is -3.94. The minimum Gasteiger partial charge on any atom is -0.494 e. The number of nitrogens with one attached hydrogen (secondary N) is 2. The minimum absolute atomic E-state index is 0.0308. The second-order valence-electron chi connectivity index (χ2n) is 15.2. The molecule has 13 nitrogen and oxygen atoms in total. The van der Waals surface area contributed by atoms with Crippen LogP contribution in [0, 0.1) is 17.7 Å². The van der Waals surface area contributed by atoms with Crippen molar-refractivity contribution in [2.24, 2.45) is 11.8 Å². The van der Waals surface area contributed by atoms with Crippen molar-refractivity contribution in [1.82, 2.24) is 29.8 Å². The van der Waals surface area contributed by atoms with Gasteiger partial charge in [0.25, 0.3) is 5.91 Å². The number of amides is 4. The third-order valence-electron chi connectivity index (χ3n) is 11.0. The summed E-state index contributed by atoms with van der Waals surface area (Å²) in [5, 5.41) is 5.80. The number of sulfonamides is 1. The number of ether oxygens (including phenoxy) is 2. The van der Waals surface area contributed by atoms with Crippen LogP contribution < -0.4 is 19.5 Å². The van der Waals surface area contributed by atoms with Gasteiger partial charge in [0, 0.05) is 42.7 Å². The summed E-state index contributed by atoms with van der Waals surface area (Å²) in [5.41, 5.74) is -0.145. The number of hydrogen-bond acceptors (Lipinski definition) is 10. The van der Waals surface area contributed by atoms with Gasteiger partial charge in [-0.25, -0.2) is 27.6 Å². The Hall–Kier alpha value is -4.31. The molecule has 7 rings (SSSR count). The number of hydrogen-bond donors (Lipinski definition) is 2. The summed E-state index contributed by atoms with van der Waals surface area (Å²) in [4.78, 5) is 54.0. The maximum atomic E-state index is 15.4. The van der Waals surface area contributed by atoms with E-state index >= 15 is 4.39 Å². The lowest BCUT2D eigenvalue weighted by Gasteiger charge is -2.48. The molecule has 1 aromatic carbocycles. The van der Waals surface area contributed by atoms with Crippen LogP contribution in [0.1, 0.15) is 70.9 Å². The van der Waals surface area contributed by atoms with Gasteiger partial charge in [-0.2, -0.15) is 0 Å². The summed E-state index contributed by atoms with van der Waals surface area (Å²) in [6, 6.07) is 3.37. The lowest BCUT2D eigenvalue weighted by atomic mass is 9.88. The molecule has 4 atom stereocenters. The van der Waals surface area contributed by atoms with Gasteiger partial charge in [-0.05, 0) is 69.6 Å². The Labute approximate surface area is 312 Å². The third kappa shape index (κ3) is 6.83. The monoisotopic (exact) mass is 768 g/mol. The number of methoxy groups -OCH3 is 1. The smallest absolute Gasteiger partial charge is 0.319 e. The first-order valence-electron chi connectivity index (χ1n) is 18.0. The number of fused-ring (bicyclic) bond motifs is 3. The summed E-state index contributed by atoms with van der Waals surface area (Å²) in [6.45, 7) is 6.31. The van der Waals surface area contributed by atoms with Crippen molar-refractivity contribution in [3.63, 3.8) is 0 Å². The van der Waals surface area contributed by atoms with Crippen LogP contribution in [-0.4, -0.2) is 96.2 Å². The molecule has 16 heteroatoms. The first kappa shape index (κ1) is 37.0. The van der Waals surface area contributed by atoms with Crippen molar-refractivity contribution < 1.29 is 36.7 Å². The number of halogens is 1. The zero-order chi connectivity index (χ0) is 37.9. The van der Waals surface area contributed by atoms with Crippen LogP contribution in [0.25, 0.3) is 21.6 Å². The number of rotatable bonds is 9. The average Bonchev–Trinajstić information content (AvgIpc) is 3.96. The predicted octanol–water partition coefficient (Wildman–Crippen LogP) is 4.97. The van der Waals surface area contributed by atoms with Gasteiger partial charge in [-0.3, -0.25) is 14.3 Å². The van der Waals surface area contributed by atoms with Crippen molar-refractivity contribution in [2.45, 2.75) is 81.5 Å². The van der Waals surface area contributed by atoms with E-state index in [0.717, 1.165) is 18.5 Å². The number of thiazole rings is 1. The highest BCUT2D eigenvalue weighted by Gasteiger charge is 2.63. The molecule has 3 aromatic rings. The van der Waals surface area contributed by atoms with Crippen LogP contribution in [0.4, 0.5) is 9.18 Å². The average molecular weight is 769 g/mol. The molecule has 3 fully saturated rings. The van der Waals surface area contributed by atoms with Crippen molar-refractivity contribution in [1.29, 1.82) is 0 Å². The van der Waals surface area contributed by atoms with Crippen molar-refractivity contribution in [2.75, 3.05) is 33.9 Å². The van der Waals surface area contributed by atoms with E-state index in [9.17, 15) is 22.8 Å². The molecule has 0 unspecified atom stereocenters. The fourth-order valence-corrected chi connectivity index (χ4v) is 9.23. The third-order valence-corrected chi connectivity index (χ3v) is 14.0. The highest BCUT2D eigenvalue weighted by Crippen LogP contribution is 2.48. The molecule has 1 saturated heterocycles. The summed E-state index contributed by atoms with van der Waals surface area (Å²) in [7, 11) is -0.851. The van der Waals surface area contributed by atoms with E-state index in [4.69, 9.17) is 14.5 Å². The zero-order valence-electron chi connectivity index (χ0n) is 30.5. The Morgan fingerprint density at radius 1 is 1.19 bits per heavy atom. The van der Waals surface area contributed by atoms with Crippen LogP contribution >= 0.6 is 11.3 Å². The van der Waals surface area contributed by atoms with E-state index < -0.39 is 50.0 Å². The molecule has 0 bridgehead atoms. The quantitative estimate of drug-likeness (QED) is 0.287. The molecular weight excluding hydrogens is 724 g/mol. The number of carbonyl (C=O) groups excluding carboxylic acids is 3. The van der Waals surface area contributed by atoms with Crippen LogP contribution in [0.2, 0.25) is 0 Å². The fraction of sp³-hybridized carbons (Fsp3) is 0.541. The molecule has 53 heavy (non-hydrogen) atoms. The first-order valence-corrected chi connectivity index (χ1v) is 20.4. The van der Waals surface area contributed by atoms with Gasteiger partial charge < -0.3 is 24.6 Å². The zero-order valence-corrected chi connectivity index (χ0v) is 32.1. The van der Waals surface area contributed by atoms with E-state index in [2.05, 4.69) is 15.0 Å². The molecule has 284 valence electrons. The van der Waals surface area contributed by atoms with Gasteiger partial charge in [-0.1, -0.05) is 26.0 Å². The number of pyridine rings is 1. The molecule has 2 aromatic heterocycles. The molecule has 2 aliphatic carbocycles. The molecule has 4 aliphatic rings. The number of carbonyl (C=O) groups is 3. The Bertz CT molecular complexity index is 2100. The van der Waals surface area contributed by atoms with Gasteiger partial charge >= 0.3 is 6.03 Å². The normalized spacial score (nSPS) is 26.1. The summed E-state index contributed by atoms with van der Waals surface area (Å²) in [6.07, 6.45) is 7.23. The van der Waals surface area contributed by atoms with Crippen LogP contribution in [0.3, 0.4) is 0 Å². The van der Waals surface area contributed by atoms with Gasteiger partial charge in [0.1, 0.15) is 33.5 Å². The molecule has 0 radical (unpaired) electrons. The van der Waals surface area contributed by atoms with Gasteiger partial charge in [-0.15, -0.1) is 11.3 Å². The molecular formula is C37H45FN6O7S2. The maximum Gasteiger partial charge on any atom is 0.319 e. The molecule has 0 spiro atoms. The van der Waals surface area contributed by atoms with Crippen molar-refractivity contribution in [3.05, 3.63) is 47.2 Å². The number of likely N-dealkylation sites (N-methyl/N-ethyl adjacent to an activating group) is 1. The second-order valence-corrected chi connectivity index (χ2v) is 18.2. The lowest BCUT2D eigenvalue weighted by Crippen LogP contribution is -2.69. The van der Waals surface area contributed by atoms with E-state index in [1.165, 1.54) is 29.4 Å². The molecule has 2 saturated carbocycles. The van der Waals surface area contributed by atoms with E-state index in [1.807, 2.05) is 31.4 Å².